The normalized spacial score (nSPS) is 14.1. The summed E-state index contributed by atoms with van der Waals surface area (Å²) < 4.78 is 1.49. The fourth-order valence-corrected chi connectivity index (χ4v) is 1.58. The van der Waals surface area contributed by atoms with Crippen LogP contribution >= 0.6 is 7.92 Å². The van der Waals surface area contributed by atoms with Gasteiger partial charge in [-0.3, -0.25) is 0 Å². The molecule has 0 saturated carbocycles. The van der Waals surface area contributed by atoms with Gasteiger partial charge in [0.2, 0.25) is 0 Å². The van der Waals surface area contributed by atoms with Crippen LogP contribution in [0.25, 0.3) is 0 Å². The van der Waals surface area contributed by atoms with Crippen LogP contribution in [0.2, 0.25) is 0 Å². The Morgan fingerprint density at radius 1 is 1.46 bits per heavy atom. The minimum atomic E-state index is 0.255. The molecule has 1 nitrogen and oxygen atoms in total. The molecule has 76 valence electrons. The molecule has 0 radical (unpaired) electrons. The zero-order valence-electron chi connectivity index (χ0n) is 8.65. The summed E-state index contributed by atoms with van der Waals surface area (Å²) >= 11 is 0.632. The molecule has 0 aliphatic heterocycles. The molecule has 0 bridgehead atoms. The molecule has 0 heterocycles. The van der Waals surface area contributed by atoms with E-state index in [0.717, 1.165) is 6.42 Å². The Balaban J connectivity index is 0.000000310. The topological polar surface area (TPSA) is 17.1 Å². The monoisotopic (exact) mass is 240 g/mol. The standard InChI is InChI=1S/C5H5.C3H9P.C2H3O.Fe/c1-2-4-5-3-1;1-4(2)3;1-2-3;/h1-3H,4H2;1-3H3;1H3;. The third-order valence-electron chi connectivity index (χ3n) is 0.955. The second-order valence-electron chi connectivity index (χ2n) is 3.11. The van der Waals surface area contributed by atoms with Gasteiger partial charge in [-0.1, -0.05) is 0 Å². The van der Waals surface area contributed by atoms with Crippen LogP contribution in [-0.2, 0) is 19.8 Å². The van der Waals surface area contributed by atoms with Crippen LogP contribution in [0.15, 0.2) is 22.7 Å². The summed E-state index contributed by atoms with van der Waals surface area (Å²) in [5.74, 6) is 0. The maximum atomic E-state index is 10.5. The molecule has 3 heteroatoms. The van der Waals surface area contributed by atoms with Crippen molar-refractivity contribution >= 4 is 12.6 Å². The molecule has 1 rings (SSSR count). The summed E-state index contributed by atoms with van der Waals surface area (Å²) in [7, 11) is 0.380. The molecule has 0 aromatic heterocycles. The number of allylic oxidation sites excluding steroid dienone is 4. The third-order valence-corrected chi connectivity index (χ3v) is 2.11. The molecule has 0 amide bonds. The van der Waals surface area contributed by atoms with E-state index >= 15 is 0 Å². The quantitative estimate of drug-likeness (QED) is 0.535. The molecule has 0 unspecified atom stereocenters. The second kappa shape index (κ2) is 7.50. The molecule has 0 spiro atoms. The maximum absolute atomic E-state index is 10.5. The van der Waals surface area contributed by atoms with Gasteiger partial charge in [0.1, 0.15) is 0 Å². The zero-order valence-corrected chi connectivity index (χ0v) is 10.6. The van der Waals surface area contributed by atoms with Gasteiger partial charge in [0, 0.05) is 0 Å². The average Bonchev–Trinajstić information content (AvgIpc) is 2.36. The first kappa shape index (κ1) is 13.1. The van der Waals surface area contributed by atoms with Crippen LogP contribution in [-0.4, -0.2) is 24.7 Å². The van der Waals surface area contributed by atoms with Crippen molar-refractivity contribution in [2.45, 2.75) is 13.3 Å². The summed E-state index contributed by atoms with van der Waals surface area (Å²) in [6, 6.07) is 0. The van der Waals surface area contributed by atoms with Crippen LogP contribution < -0.4 is 0 Å². The van der Waals surface area contributed by atoms with Crippen LogP contribution in [0.3, 0.4) is 0 Å². The molecule has 13 heavy (non-hydrogen) atoms. The third kappa shape index (κ3) is 10.0. The van der Waals surface area contributed by atoms with Crippen LogP contribution in [0.4, 0.5) is 0 Å². The molecule has 0 aromatic carbocycles. The Hall–Kier alpha value is 0.0995. The van der Waals surface area contributed by atoms with Crippen molar-refractivity contribution in [3.05, 3.63) is 22.7 Å². The molecule has 1 aliphatic rings. The molecular weight excluding hydrogens is 223 g/mol. The Labute approximate surface area is 88.6 Å². The molecule has 0 saturated heterocycles. The van der Waals surface area contributed by atoms with Crippen LogP contribution in [0.5, 0.6) is 0 Å². The van der Waals surface area contributed by atoms with E-state index in [4.69, 9.17) is 0 Å². The van der Waals surface area contributed by atoms with Gasteiger partial charge in [-0.25, -0.2) is 0 Å². The van der Waals surface area contributed by atoms with E-state index in [9.17, 15) is 4.79 Å². The summed E-state index contributed by atoms with van der Waals surface area (Å²) in [5, 5.41) is 0. The molecule has 1 aliphatic carbocycles. The first-order valence-corrected chi connectivity index (χ1v) is 7.90. The first-order chi connectivity index (χ1) is 6.02. The zero-order chi connectivity index (χ0) is 10.3. The van der Waals surface area contributed by atoms with Crippen LogP contribution in [0, 0.1) is 0 Å². The van der Waals surface area contributed by atoms with Crippen molar-refractivity contribution in [2.75, 3.05) is 20.0 Å². The van der Waals surface area contributed by atoms with Gasteiger partial charge in [0.15, 0.2) is 0 Å². The van der Waals surface area contributed by atoms with Gasteiger partial charge < -0.3 is 0 Å². The van der Waals surface area contributed by atoms with Crippen LogP contribution in [0.1, 0.15) is 13.3 Å². The van der Waals surface area contributed by atoms with Crippen molar-refractivity contribution < 1.29 is 19.8 Å². The summed E-state index contributed by atoms with van der Waals surface area (Å²) in [6.07, 6.45) is 7.05. The van der Waals surface area contributed by atoms with E-state index in [1.54, 1.807) is 6.92 Å². The van der Waals surface area contributed by atoms with E-state index in [-0.39, 0.29) is 4.68 Å². The van der Waals surface area contributed by atoms with Crippen molar-refractivity contribution in [3.8, 4) is 0 Å². The van der Waals surface area contributed by atoms with Gasteiger partial charge in [-0.2, -0.15) is 0 Å². The average molecular weight is 240 g/mol. The van der Waals surface area contributed by atoms with Gasteiger partial charge >= 0.3 is 60.5 Å². The van der Waals surface area contributed by atoms with Gasteiger partial charge in [-0.15, -0.1) is 7.92 Å². The van der Waals surface area contributed by atoms with E-state index in [0.29, 0.717) is 22.9 Å². The number of carbonyl (C=O) groups is 1. The van der Waals surface area contributed by atoms with Gasteiger partial charge in [0.05, 0.1) is 0 Å². The SMILES string of the molecule is CP(C)C.C[C](=O)[Fe][C]1=CC=CC1. The fraction of sp³-hybridized carbons (Fsp3) is 0.500. The predicted molar refractivity (Wildman–Crippen MR) is 57.2 cm³/mol. The van der Waals surface area contributed by atoms with Crippen molar-refractivity contribution in [1.29, 1.82) is 0 Å². The summed E-state index contributed by atoms with van der Waals surface area (Å²) in [5.41, 5.74) is 0. The number of carbonyl (C=O) groups excluding carboxylic acids is 1. The molecule has 0 fully saturated rings. The van der Waals surface area contributed by atoms with Gasteiger partial charge in [0.25, 0.3) is 0 Å². The summed E-state index contributed by atoms with van der Waals surface area (Å²) in [4.78, 5) is 10.5. The Morgan fingerprint density at radius 3 is 2.31 bits per heavy atom. The fourth-order valence-electron chi connectivity index (χ4n) is 0.641. The van der Waals surface area contributed by atoms with Crippen molar-refractivity contribution in [1.82, 2.24) is 0 Å². The minimum absolute atomic E-state index is 0.255. The first-order valence-electron chi connectivity index (χ1n) is 4.12. The number of hydrogen-bond acceptors (Lipinski definition) is 1. The molecule has 0 aromatic rings. The van der Waals surface area contributed by atoms with E-state index in [1.807, 2.05) is 12.2 Å². The van der Waals surface area contributed by atoms with E-state index < -0.39 is 0 Å². The predicted octanol–water partition coefficient (Wildman–Crippen LogP) is 2.82. The Bertz CT molecular complexity index is 216. The van der Waals surface area contributed by atoms with Gasteiger partial charge in [-0.05, 0) is 20.0 Å². The van der Waals surface area contributed by atoms with E-state index in [2.05, 4.69) is 26.1 Å². The molecule has 0 atom stereocenters. The number of rotatable bonds is 2. The Morgan fingerprint density at radius 2 is 2.00 bits per heavy atom. The molecule has 0 N–H and O–H groups in total. The molecular formula is C10H17FeOP. The summed E-state index contributed by atoms with van der Waals surface area (Å²) in [6.45, 7) is 8.32. The van der Waals surface area contributed by atoms with Crippen molar-refractivity contribution in [2.24, 2.45) is 0 Å². The Kier molecular flexibility index (Phi) is 7.56. The second-order valence-corrected chi connectivity index (χ2v) is 7.56. The van der Waals surface area contributed by atoms with E-state index in [1.165, 1.54) is 4.47 Å². The van der Waals surface area contributed by atoms with Crippen molar-refractivity contribution in [3.63, 3.8) is 0 Å². The number of hydrogen-bond donors (Lipinski definition) is 0.